The van der Waals surface area contributed by atoms with E-state index in [0.29, 0.717) is 44.7 Å². The first-order valence-corrected chi connectivity index (χ1v) is 9.28. The molecule has 0 heterocycles. The number of rotatable bonds is 7. The molecule has 0 saturated heterocycles. The Balaban J connectivity index is 1.82. The maximum atomic E-state index is 12.1. The highest BCUT2D eigenvalue weighted by Crippen LogP contribution is 2.26. The lowest BCUT2D eigenvalue weighted by atomic mass is 10.2. The van der Waals surface area contributed by atoms with E-state index in [1.165, 1.54) is 0 Å². The summed E-state index contributed by atoms with van der Waals surface area (Å²) in [5.74, 6) is 0.850. The standard InChI is InChI=1S/C18H18Br2N2O4/c1-25-15-5-3-11(9-13(15)19)17(23)21-7-8-22-18(24)12-4-6-16(26-2)14(20)10-12/h3-6,9-10H,7-8H2,1-2H3,(H,21,23)(H,22,24). The smallest absolute Gasteiger partial charge is 0.251 e. The fourth-order valence-electron chi connectivity index (χ4n) is 2.17. The van der Waals surface area contributed by atoms with Gasteiger partial charge in [-0.05, 0) is 68.3 Å². The molecule has 0 unspecified atom stereocenters. The maximum Gasteiger partial charge on any atom is 0.251 e. The Hall–Kier alpha value is -2.06. The molecule has 0 bridgehead atoms. The molecule has 6 nitrogen and oxygen atoms in total. The number of benzene rings is 2. The van der Waals surface area contributed by atoms with Crippen molar-refractivity contribution in [3.8, 4) is 11.5 Å². The van der Waals surface area contributed by atoms with Crippen molar-refractivity contribution in [1.29, 1.82) is 0 Å². The van der Waals surface area contributed by atoms with E-state index in [1.54, 1.807) is 50.6 Å². The van der Waals surface area contributed by atoms with Crippen LogP contribution in [0.3, 0.4) is 0 Å². The van der Waals surface area contributed by atoms with Crippen LogP contribution >= 0.6 is 31.9 Å². The van der Waals surface area contributed by atoms with Gasteiger partial charge in [-0.25, -0.2) is 0 Å². The third kappa shape index (κ3) is 5.22. The van der Waals surface area contributed by atoms with Gasteiger partial charge in [-0.2, -0.15) is 0 Å². The van der Waals surface area contributed by atoms with Crippen LogP contribution in [0.5, 0.6) is 11.5 Å². The van der Waals surface area contributed by atoms with Crippen molar-refractivity contribution in [2.75, 3.05) is 27.3 Å². The molecular formula is C18H18Br2N2O4. The van der Waals surface area contributed by atoms with E-state index < -0.39 is 0 Å². The average molecular weight is 486 g/mol. The van der Waals surface area contributed by atoms with E-state index in [4.69, 9.17) is 9.47 Å². The molecule has 138 valence electrons. The Bertz CT molecular complexity index is 744. The quantitative estimate of drug-likeness (QED) is 0.589. The third-order valence-corrected chi connectivity index (χ3v) is 4.76. The van der Waals surface area contributed by atoms with Crippen molar-refractivity contribution in [3.63, 3.8) is 0 Å². The average Bonchev–Trinajstić information content (AvgIpc) is 2.64. The molecule has 0 spiro atoms. The Kier molecular flexibility index (Phi) is 7.47. The normalized spacial score (nSPS) is 10.2. The molecule has 0 fully saturated rings. The second-order valence-corrected chi connectivity index (χ2v) is 6.92. The van der Waals surface area contributed by atoms with Crippen LogP contribution < -0.4 is 20.1 Å². The van der Waals surface area contributed by atoms with Gasteiger partial charge in [0.1, 0.15) is 11.5 Å². The minimum absolute atomic E-state index is 0.227. The monoisotopic (exact) mass is 484 g/mol. The summed E-state index contributed by atoms with van der Waals surface area (Å²) in [4.78, 5) is 24.2. The van der Waals surface area contributed by atoms with Crippen LogP contribution in [0, 0.1) is 0 Å². The molecule has 0 aliphatic rings. The predicted octanol–water partition coefficient (Wildman–Crippen LogP) is 3.39. The van der Waals surface area contributed by atoms with Gasteiger partial charge in [0.15, 0.2) is 0 Å². The number of nitrogens with one attached hydrogen (secondary N) is 2. The van der Waals surface area contributed by atoms with Gasteiger partial charge in [-0.15, -0.1) is 0 Å². The molecule has 0 atom stereocenters. The second-order valence-electron chi connectivity index (χ2n) is 5.21. The zero-order valence-electron chi connectivity index (χ0n) is 14.3. The highest BCUT2D eigenvalue weighted by atomic mass is 79.9. The molecule has 0 radical (unpaired) electrons. The maximum absolute atomic E-state index is 12.1. The molecule has 0 saturated carbocycles. The van der Waals surface area contributed by atoms with Crippen molar-refractivity contribution in [1.82, 2.24) is 10.6 Å². The number of methoxy groups -OCH3 is 2. The molecule has 2 amide bonds. The van der Waals surface area contributed by atoms with Crippen molar-refractivity contribution in [3.05, 3.63) is 56.5 Å². The van der Waals surface area contributed by atoms with Gasteiger partial charge in [-0.3, -0.25) is 9.59 Å². The molecule has 26 heavy (non-hydrogen) atoms. The molecule has 8 heteroatoms. The van der Waals surface area contributed by atoms with Gasteiger partial charge in [0.25, 0.3) is 11.8 Å². The van der Waals surface area contributed by atoms with Crippen LogP contribution in [-0.2, 0) is 0 Å². The van der Waals surface area contributed by atoms with Crippen molar-refractivity contribution in [2.45, 2.75) is 0 Å². The zero-order chi connectivity index (χ0) is 19.1. The van der Waals surface area contributed by atoms with E-state index in [-0.39, 0.29) is 11.8 Å². The molecule has 0 aromatic heterocycles. The number of amides is 2. The summed E-state index contributed by atoms with van der Waals surface area (Å²) in [6.45, 7) is 0.622. The van der Waals surface area contributed by atoms with E-state index in [1.807, 2.05) is 0 Å². The summed E-state index contributed by atoms with van der Waals surface area (Å²) in [5.41, 5.74) is 1.01. The fourth-order valence-corrected chi connectivity index (χ4v) is 3.25. The summed E-state index contributed by atoms with van der Waals surface area (Å²) in [6, 6.07) is 10.1. The molecule has 2 aromatic rings. The number of hydrogen-bond acceptors (Lipinski definition) is 4. The molecule has 0 aliphatic carbocycles. The van der Waals surface area contributed by atoms with Gasteiger partial charge in [0.2, 0.25) is 0 Å². The van der Waals surface area contributed by atoms with E-state index in [2.05, 4.69) is 42.5 Å². The van der Waals surface area contributed by atoms with Gasteiger partial charge in [0.05, 0.1) is 23.2 Å². The van der Waals surface area contributed by atoms with Crippen LogP contribution in [0.2, 0.25) is 0 Å². The van der Waals surface area contributed by atoms with E-state index in [9.17, 15) is 9.59 Å². The first-order valence-electron chi connectivity index (χ1n) is 7.69. The van der Waals surface area contributed by atoms with E-state index >= 15 is 0 Å². The molecule has 0 aliphatic heterocycles. The summed E-state index contributed by atoms with van der Waals surface area (Å²) < 4.78 is 11.7. The molecule has 2 aromatic carbocycles. The lowest BCUT2D eigenvalue weighted by Gasteiger charge is -2.09. The van der Waals surface area contributed by atoms with Crippen LogP contribution in [-0.4, -0.2) is 39.1 Å². The predicted molar refractivity (Wildman–Crippen MR) is 106 cm³/mol. The summed E-state index contributed by atoms with van der Waals surface area (Å²) in [6.07, 6.45) is 0. The van der Waals surface area contributed by atoms with Crippen molar-refractivity contribution < 1.29 is 19.1 Å². The Morgan fingerprint density at radius 2 is 1.19 bits per heavy atom. The fraction of sp³-hybridized carbons (Fsp3) is 0.222. The summed E-state index contributed by atoms with van der Waals surface area (Å²) in [5, 5.41) is 5.51. The van der Waals surface area contributed by atoms with Crippen LogP contribution in [0.4, 0.5) is 0 Å². The lowest BCUT2D eigenvalue weighted by molar-refractivity contribution is 0.0927. The first kappa shape index (κ1) is 20.3. The Labute approximate surface area is 168 Å². The van der Waals surface area contributed by atoms with Crippen LogP contribution in [0.1, 0.15) is 20.7 Å². The SMILES string of the molecule is COc1ccc(C(=O)NCCNC(=O)c2ccc(OC)c(Br)c2)cc1Br. The minimum atomic E-state index is -0.227. The van der Waals surface area contributed by atoms with Crippen molar-refractivity contribution in [2.24, 2.45) is 0 Å². The highest BCUT2D eigenvalue weighted by molar-refractivity contribution is 9.10. The number of halogens is 2. The number of hydrogen-bond donors (Lipinski definition) is 2. The largest absolute Gasteiger partial charge is 0.496 e. The van der Waals surface area contributed by atoms with E-state index in [0.717, 1.165) is 0 Å². The minimum Gasteiger partial charge on any atom is -0.496 e. The van der Waals surface area contributed by atoms with Crippen molar-refractivity contribution >= 4 is 43.7 Å². The Morgan fingerprint density at radius 3 is 1.50 bits per heavy atom. The number of ether oxygens (including phenoxy) is 2. The van der Waals surface area contributed by atoms with Crippen LogP contribution in [0.25, 0.3) is 0 Å². The molecule has 2 N–H and O–H groups in total. The molecule has 2 rings (SSSR count). The highest BCUT2D eigenvalue weighted by Gasteiger charge is 2.10. The second kappa shape index (κ2) is 9.59. The van der Waals surface area contributed by atoms with Gasteiger partial charge in [-0.1, -0.05) is 0 Å². The Morgan fingerprint density at radius 1 is 0.808 bits per heavy atom. The summed E-state index contributed by atoms with van der Waals surface area (Å²) >= 11 is 6.69. The third-order valence-electron chi connectivity index (χ3n) is 3.52. The zero-order valence-corrected chi connectivity index (χ0v) is 17.4. The van der Waals surface area contributed by atoms with Gasteiger partial charge < -0.3 is 20.1 Å². The topological polar surface area (TPSA) is 76.7 Å². The summed E-state index contributed by atoms with van der Waals surface area (Å²) in [7, 11) is 3.12. The van der Waals surface area contributed by atoms with Gasteiger partial charge in [0, 0.05) is 24.2 Å². The number of carbonyl (C=O) groups is 2. The van der Waals surface area contributed by atoms with Crippen LogP contribution in [0.15, 0.2) is 45.3 Å². The lowest BCUT2D eigenvalue weighted by Crippen LogP contribution is -2.34. The number of carbonyl (C=O) groups excluding carboxylic acids is 2. The van der Waals surface area contributed by atoms with Gasteiger partial charge >= 0.3 is 0 Å². The molecular weight excluding hydrogens is 468 g/mol. The first-order chi connectivity index (χ1) is 12.5.